The summed E-state index contributed by atoms with van der Waals surface area (Å²) in [6, 6.07) is 11.5. The number of carbonyl (C=O) groups is 2. The van der Waals surface area contributed by atoms with Crippen molar-refractivity contribution in [3.63, 3.8) is 0 Å². The molecule has 0 spiro atoms. The first kappa shape index (κ1) is 15.6. The maximum absolute atomic E-state index is 13.4. The van der Waals surface area contributed by atoms with Crippen LogP contribution in [0.15, 0.2) is 42.5 Å². The summed E-state index contributed by atoms with van der Waals surface area (Å²) in [4.78, 5) is 24.8. The zero-order chi connectivity index (χ0) is 17.4. The van der Waals surface area contributed by atoms with Gasteiger partial charge in [-0.1, -0.05) is 24.3 Å². The van der Waals surface area contributed by atoms with E-state index < -0.39 is 11.7 Å². The van der Waals surface area contributed by atoms with Crippen LogP contribution in [-0.4, -0.2) is 18.4 Å². The van der Waals surface area contributed by atoms with Crippen LogP contribution in [0.2, 0.25) is 0 Å². The Hall–Kier alpha value is -2.89. The van der Waals surface area contributed by atoms with Crippen LogP contribution in [0.4, 0.5) is 10.1 Å². The van der Waals surface area contributed by atoms with Gasteiger partial charge in [-0.25, -0.2) is 4.39 Å². The molecule has 25 heavy (non-hydrogen) atoms. The topological polar surface area (TPSA) is 67.4 Å². The quantitative estimate of drug-likeness (QED) is 0.883. The Morgan fingerprint density at radius 2 is 2.04 bits per heavy atom. The second kappa shape index (κ2) is 6.20. The molecule has 0 saturated carbocycles. The van der Waals surface area contributed by atoms with E-state index in [1.807, 2.05) is 24.3 Å². The van der Waals surface area contributed by atoms with Crippen molar-refractivity contribution in [1.29, 1.82) is 0 Å². The summed E-state index contributed by atoms with van der Waals surface area (Å²) < 4.78 is 19.0. The minimum absolute atomic E-state index is 0.0509. The molecule has 5 nitrogen and oxygen atoms in total. The third-order valence-electron chi connectivity index (χ3n) is 4.65. The zero-order valence-electron chi connectivity index (χ0n) is 13.4. The molecular formula is C19H17FN2O3. The lowest BCUT2D eigenvalue weighted by Crippen LogP contribution is -2.38. The molecule has 0 radical (unpaired) electrons. The summed E-state index contributed by atoms with van der Waals surface area (Å²) in [6.07, 6.45) is 0.716. The Morgan fingerprint density at radius 3 is 2.92 bits per heavy atom. The number of rotatable bonds is 2. The van der Waals surface area contributed by atoms with Gasteiger partial charge in [0, 0.05) is 24.1 Å². The molecule has 2 aromatic carbocycles. The predicted octanol–water partition coefficient (Wildman–Crippen LogP) is 2.89. The van der Waals surface area contributed by atoms with Crippen molar-refractivity contribution in [2.45, 2.75) is 24.8 Å². The first-order chi connectivity index (χ1) is 12.1. The maximum atomic E-state index is 13.4. The van der Waals surface area contributed by atoms with Gasteiger partial charge in [0.2, 0.25) is 11.8 Å². The van der Waals surface area contributed by atoms with E-state index in [0.717, 1.165) is 11.3 Å². The van der Waals surface area contributed by atoms with Crippen molar-refractivity contribution >= 4 is 17.5 Å². The highest BCUT2D eigenvalue weighted by Gasteiger charge is 2.33. The van der Waals surface area contributed by atoms with Gasteiger partial charge >= 0.3 is 0 Å². The van der Waals surface area contributed by atoms with E-state index >= 15 is 0 Å². The molecule has 4 rings (SSSR count). The van der Waals surface area contributed by atoms with Gasteiger partial charge < -0.3 is 15.4 Å². The number of hydrogen-bond acceptors (Lipinski definition) is 3. The largest absolute Gasteiger partial charge is 0.493 e. The Morgan fingerprint density at radius 1 is 1.20 bits per heavy atom. The van der Waals surface area contributed by atoms with Crippen LogP contribution >= 0.6 is 0 Å². The highest BCUT2D eigenvalue weighted by Crippen LogP contribution is 2.35. The molecule has 2 aliphatic heterocycles. The molecule has 2 atom stereocenters. The fourth-order valence-corrected chi connectivity index (χ4v) is 3.44. The SMILES string of the molecule is O=C1C[C@H](C(=O)N[C@H]2CCOc3ccccc32)c2ccc(F)cc2N1. The van der Waals surface area contributed by atoms with Crippen molar-refractivity contribution in [3.8, 4) is 5.75 Å². The number of para-hydroxylation sites is 1. The first-order valence-corrected chi connectivity index (χ1v) is 8.23. The van der Waals surface area contributed by atoms with Crippen molar-refractivity contribution in [2.24, 2.45) is 0 Å². The monoisotopic (exact) mass is 340 g/mol. The molecule has 6 heteroatoms. The number of nitrogens with one attached hydrogen (secondary N) is 2. The second-order valence-corrected chi connectivity index (χ2v) is 6.27. The summed E-state index contributed by atoms with van der Waals surface area (Å²) in [5.41, 5.74) is 1.93. The summed E-state index contributed by atoms with van der Waals surface area (Å²) >= 11 is 0. The molecule has 0 fully saturated rings. The minimum atomic E-state index is -0.626. The smallest absolute Gasteiger partial charge is 0.228 e. The Kier molecular flexibility index (Phi) is 3.87. The molecule has 0 bridgehead atoms. The van der Waals surface area contributed by atoms with Gasteiger partial charge in [0.25, 0.3) is 0 Å². The van der Waals surface area contributed by atoms with Crippen molar-refractivity contribution in [3.05, 3.63) is 59.4 Å². The lowest BCUT2D eigenvalue weighted by Gasteiger charge is -2.30. The van der Waals surface area contributed by atoms with E-state index in [0.29, 0.717) is 24.3 Å². The second-order valence-electron chi connectivity index (χ2n) is 6.27. The van der Waals surface area contributed by atoms with Crippen LogP contribution in [0.25, 0.3) is 0 Å². The van der Waals surface area contributed by atoms with Crippen LogP contribution in [0.1, 0.15) is 35.9 Å². The average molecular weight is 340 g/mol. The normalized spacial score (nSPS) is 21.4. The van der Waals surface area contributed by atoms with Crippen LogP contribution in [0.3, 0.4) is 0 Å². The van der Waals surface area contributed by atoms with E-state index in [-0.39, 0.29) is 24.3 Å². The summed E-state index contributed by atoms with van der Waals surface area (Å²) in [5, 5.41) is 5.65. The fraction of sp³-hybridized carbons (Fsp3) is 0.263. The molecule has 0 aliphatic carbocycles. The molecule has 0 aromatic heterocycles. The lowest BCUT2D eigenvalue weighted by atomic mass is 9.89. The van der Waals surface area contributed by atoms with Crippen molar-refractivity contribution in [1.82, 2.24) is 5.32 Å². The third-order valence-corrected chi connectivity index (χ3v) is 4.65. The van der Waals surface area contributed by atoms with Crippen LogP contribution in [0, 0.1) is 5.82 Å². The lowest BCUT2D eigenvalue weighted by molar-refractivity contribution is -0.127. The predicted molar refractivity (Wildman–Crippen MR) is 89.8 cm³/mol. The van der Waals surface area contributed by atoms with Crippen LogP contribution in [-0.2, 0) is 9.59 Å². The van der Waals surface area contributed by atoms with E-state index in [9.17, 15) is 14.0 Å². The molecule has 0 saturated heterocycles. The highest BCUT2D eigenvalue weighted by molar-refractivity contribution is 6.01. The van der Waals surface area contributed by atoms with E-state index in [4.69, 9.17) is 4.74 Å². The number of halogens is 1. The van der Waals surface area contributed by atoms with E-state index in [1.54, 1.807) is 6.07 Å². The van der Waals surface area contributed by atoms with E-state index in [2.05, 4.69) is 10.6 Å². The molecule has 2 aliphatic rings. The molecule has 2 amide bonds. The molecular weight excluding hydrogens is 323 g/mol. The number of amides is 2. The maximum Gasteiger partial charge on any atom is 0.228 e. The number of benzene rings is 2. The first-order valence-electron chi connectivity index (χ1n) is 8.23. The number of hydrogen-bond donors (Lipinski definition) is 2. The summed E-state index contributed by atoms with van der Waals surface area (Å²) in [5.74, 6) is -0.823. The van der Waals surface area contributed by atoms with Crippen molar-refractivity contribution in [2.75, 3.05) is 11.9 Å². The van der Waals surface area contributed by atoms with Gasteiger partial charge in [0.1, 0.15) is 11.6 Å². The standard InChI is InChI=1S/C19H17FN2O3/c20-11-5-6-12-14(10-18(23)21-16(12)9-11)19(24)22-15-7-8-25-17-4-2-1-3-13(15)17/h1-6,9,14-15H,7-8,10H2,(H,21,23)(H,22,24)/t14-,15-/m0/s1. The molecule has 2 heterocycles. The summed E-state index contributed by atoms with van der Waals surface area (Å²) in [6.45, 7) is 0.523. The number of ether oxygens (including phenoxy) is 1. The van der Waals surface area contributed by atoms with Crippen LogP contribution < -0.4 is 15.4 Å². The number of carbonyl (C=O) groups excluding carboxylic acids is 2. The van der Waals surface area contributed by atoms with Crippen molar-refractivity contribution < 1.29 is 18.7 Å². The average Bonchev–Trinajstić information content (AvgIpc) is 2.61. The van der Waals surface area contributed by atoms with Crippen LogP contribution in [0.5, 0.6) is 5.75 Å². The Bertz CT molecular complexity index is 852. The van der Waals surface area contributed by atoms with Gasteiger partial charge in [-0.3, -0.25) is 9.59 Å². The Balaban J connectivity index is 1.60. The van der Waals surface area contributed by atoms with Gasteiger partial charge in [-0.05, 0) is 23.8 Å². The van der Waals surface area contributed by atoms with Gasteiger partial charge in [-0.2, -0.15) is 0 Å². The van der Waals surface area contributed by atoms with Gasteiger partial charge in [0.15, 0.2) is 0 Å². The number of fused-ring (bicyclic) bond motifs is 2. The molecule has 0 unspecified atom stereocenters. The third kappa shape index (κ3) is 2.95. The minimum Gasteiger partial charge on any atom is -0.493 e. The van der Waals surface area contributed by atoms with E-state index in [1.165, 1.54) is 12.1 Å². The Labute approximate surface area is 144 Å². The zero-order valence-corrected chi connectivity index (χ0v) is 13.4. The van der Waals surface area contributed by atoms with Gasteiger partial charge in [-0.15, -0.1) is 0 Å². The number of anilines is 1. The fourth-order valence-electron chi connectivity index (χ4n) is 3.44. The molecule has 128 valence electrons. The summed E-state index contributed by atoms with van der Waals surface area (Å²) in [7, 11) is 0. The van der Waals surface area contributed by atoms with Gasteiger partial charge in [0.05, 0.1) is 18.6 Å². The highest BCUT2D eigenvalue weighted by atomic mass is 19.1. The molecule has 2 aromatic rings. The molecule has 2 N–H and O–H groups in total.